The van der Waals surface area contributed by atoms with Gasteiger partial charge in [0.2, 0.25) is 0 Å². The molecule has 2 saturated heterocycles. The van der Waals surface area contributed by atoms with E-state index in [0.29, 0.717) is 12.1 Å². The van der Waals surface area contributed by atoms with E-state index in [1.165, 1.54) is 25.7 Å². The fourth-order valence-corrected chi connectivity index (χ4v) is 5.19. The summed E-state index contributed by atoms with van der Waals surface area (Å²) in [4.78, 5) is 20.2. The van der Waals surface area contributed by atoms with Gasteiger partial charge in [0, 0.05) is 17.3 Å². The molecule has 0 aromatic carbocycles. The Morgan fingerprint density at radius 2 is 1.95 bits per heavy atom. The summed E-state index contributed by atoms with van der Waals surface area (Å²) in [6.45, 7) is 3.93. The zero-order valence-corrected chi connectivity index (χ0v) is 13.3. The number of carbonyl (C=O) groups excluding carboxylic acids is 1. The van der Waals surface area contributed by atoms with Gasteiger partial charge in [-0.15, -0.1) is 11.3 Å². The van der Waals surface area contributed by atoms with Gasteiger partial charge in [0.15, 0.2) is 0 Å². The number of aromatic nitrogens is 1. The number of aryl methyl sites for hydroxylation is 2. The summed E-state index contributed by atoms with van der Waals surface area (Å²) in [7, 11) is 0. The van der Waals surface area contributed by atoms with Crippen LogP contribution in [0.2, 0.25) is 0 Å². The van der Waals surface area contributed by atoms with Crippen molar-refractivity contribution in [3.63, 3.8) is 0 Å². The topological polar surface area (TPSA) is 33.2 Å². The molecule has 19 heavy (non-hydrogen) atoms. The minimum absolute atomic E-state index is 0.232. The number of amides is 1. The molecule has 104 valence electrons. The number of hydrogen-bond acceptors (Lipinski definition) is 4. The maximum atomic E-state index is 12.8. The summed E-state index contributed by atoms with van der Waals surface area (Å²) in [5.74, 6) is 0.232. The first-order valence-corrected chi connectivity index (χ1v) is 9.00. The summed E-state index contributed by atoms with van der Waals surface area (Å²) in [6.07, 6.45) is 6.90. The third-order valence-electron chi connectivity index (χ3n) is 4.36. The zero-order chi connectivity index (χ0) is 13.6. The Balaban J connectivity index is 1.84. The number of thiazole rings is 1. The molecule has 0 radical (unpaired) electrons. The van der Waals surface area contributed by atoms with Crippen molar-refractivity contribution < 1.29 is 4.79 Å². The van der Waals surface area contributed by atoms with Crippen LogP contribution in [0.15, 0.2) is 0 Å². The van der Waals surface area contributed by atoms with E-state index in [1.807, 2.05) is 25.6 Å². The van der Waals surface area contributed by atoms with Crippen LogP contribution in [0.5, 0.6) is 0 Å². The average Bonchev–Trinajstić information content (AvgIpc) is 2.85. The molecule has 2 atom stereocenters. The van der Waals surface area contributed by atoms with Gasteiger partial charge in [-0.3, -0.25) is 4.79 Å². The quantitative estimate of drug-likeness (QED) is 0.840. The monoisotopic (exact) mass is 296 g/mol. The molecule has 0 N–H and O–H groups in total. The molecular weight excluding hydrogens is 276 g/mol. The third-order valence-corrected chi connectivity index (χ3v) is 6.47. The highest BCUT2D eigenvalue weighted by molar-refractivity contribution is 7.99. The molecular formula is C14H20N2OS2. The SMILES string of the molecule is CSC1CC2CCC(C1)N2C(=O)c1sc(C)nc1C. The van der Waals surface area contributed by atoms with E-state index >= 15 is 0 Å². The van der Waals surface area contributed by atoms with E-state index < -0.39 is 0 Å². The lowest BCUT2D eigenvalue weighted by Gasteiger charge is -2.38. The van der Waals surface area contributed by atoms with Crippen molar-refractivity contribution in [1.29, 1.82) is 0 Å². The second-order valence-corrected chi connectivity index (χ2v) is 7.92. The lowest BCUT2D eigenvalue weighted by Crippen LogP contribution is -2.47. The summed E-state index contributed by atoms with van der Waals surface area (Å²) >= 11 is 3.51. The maximum absolute atomic E-state index is 12.8. The Kier molecular flexibility index (Phi) is 3.60. The van der Waals surface area contributed by atoms with E-state index in [9.17, 15) is 4.79 Å². The number of carbonyl (C=O) groups is 1. The molecule has 2 unspecified atom stereocenters. The number of rotatable bonds is 2. The number of fused-ring (bicyclic) bond motifs is 2. The lowest BCUT2D eigenvalue weighted by molar-refractivity contribution is 0.0606. The molecule has 1 amide bonds. The van der Waals surface area contributed by atoms with Crippen molar-refractivity contribution in [1.82, 2.24) is 9.88 Å². The van der Waals surface area contributed by atoms with Gasteiger partial charge in [0.1, 0.15) is 4.88 Å². The van der Waals surface area contributed by atoms with Crippen LogP contribution in [-0.2, 0) is 0 Å². The first-order chi connectivity index (χ1) is 9.10. The van der Waals surface area contributed by atoms with Gasteiger partial charge >= 0.3 is 0 Å². The van der Waals surface area contributed by atoms with Gasteiger partial charge in [0.25, 0.3) is 5.91 Å². The number of hydrogen-bond donors (Lipinski definition) is 0. The molecule has 0 aliphatic carbocycles. The molecule has 2 aliphatic heterocycles. The zero-order valence-electron chi connectivity index (χ0n) is 11.7. The summed E-state index contributed by atoms with van der Waals surface area (Å²) in [5.41, 5.74) is 0.902. The lowest BCUT2D eigenvalue weighted by atomic mass is 10.0. The fraction of sp³-hybridized carbons (Fsp3) is 0.714. The summed E-state index contributed by atoms with van der Waals surface area (Å²) < 4.78 is 0. The van der Waals surface area contributed by atoms with E-state index in [0.717, 1.165) is 20.8 Å². The molecule has 3 heterocycles. The molecule has 2 fully saturated rings. The van der Waals surface area contributed by atoms with Crippen molar-refractivity contribution in [2.45, 2.75) is 56.9 Å². The standard InChI is InChI=1S/C14H20N2OS2/c1-8-13(19-9(2)15-8)14(17)16-10-4-5-11(16)7-12(6-10)18-3/h10-12H,4-7H2,1-3H3. The van der Waals surface area contributed by atoms with Crippen molar-refractivity contribution in [3.8, 4) is 0 Å². The molecule has 2 aliphatic rings. The number of piperidine rings is 1. The van der Waals surface area contributed by atoms with Crippen molar-refractivity contribution in [2.24, 2.45) is 0 Å². The largest absolute Gasteiger partial charge is 0.332 e. The van der Waals surface area contributed by atoms with Gasteiger partial charge in [-0.05, 0) is 45.8 Å². The summed E-state index contributed by atoms with van der Waals surface area (Å²) in [6, 6.07) is 0.927. The predicted molar refractivity (Wildman–Crippen MR) is 81.1 cm³/mol. The molecule has 1 aromatic heterocycles. The van der Waals surface area contributed by atoms with Crippen LogP contribution in [0.4, 0.5) is 0 Å². The molecule has 3 nitrogen and oxygen atoms in total. The minimum Gasteiger partial charge on any atom is -0.332 e. The van der Waals surface area contributed by atoms with Crippen LogP contribution in [0.3, 0.4) is 0 Å². The van der Waals surface area contributed by atoms with Crippen LogP contribution in [0.25, 0.3) is 0 Å². The van der Waals surface area contributed by atoms with Gasteiger partial charge in [-0.2, -0.15) is 11.8 Å². The van der Waals surface area contributed by atoms with Crippen molar-refractivity contribution in [3.05, 3.63) is 15.6 Å². The smallest absolute Gasteiger partial charge is 0.266 e. The average molecular weight is 296 g/mol. The minimum atomic E-state index is 0.232. The van der Waals surface area contributed by atoms with E-state index in [4.69, 9.17) is 0 Å². The van der Waals surface area contributed by atoms with Crippen LogP contribution in [-0.4, -0.2) is 39.4 Å². The van der Waals surface area contributed by atoms with E-state index in [1.54, 1.807) is 11.3 Å². The first kappa shape index (κ1) is 13.4. The Morgan fingerprint density at radius 1 is 1.32 bits per heavy atom. The molecule has 0 spiro atoms. The number of nitrogens with zero attached hydrogens (tertiary/aromatic N) is 2. The highest BCUT2D eigenvalue weighted by Gasteiger charge is 2.43. The van der Waals surface area contributed by atoms with Gasteiger partial charge < -0.3 is 4.90 Å². The van der Waals surface area contributed by atoms with Crippen molar-refractivity contribution >= 4 is 29.0 Å². The second kappa shape index (κ2) is 5.09. The van der Waals surface area contributed by atoms with Gasteiger partial charge in [-0.25, -0.2) is 4.98 Å². The highest BCUT2D eigenvalue weighted by Crippen LogP contribution is 2.40. The summed E-state index contributed by atoms with van der Waals surface area (Å²) in [5, 5.41) is 1.73. The van der Waals surface area contributed by atoms with Crippen LogP contribution in [0.1, 0.15) is 46.1 Å². The van der Waals surface area contributed by atoms with Crippen LogP contribution < -0.4 is 0 Å². The Hall–Kier alpha value is -0.550. The normalized spacial score (nSPS) is 29.8. The van der Waals surface area contributed by atoms with Crippen LogP contribution >= 0.6 is 23.1 Å². The predicted octanol–water partition coefficient (Wildman–Crippen LogP) is 3.26. The molecule has 3 rings (SSSR count). The maximum Gasteiger partial charge on any atom is 0.266 e. The third kappa shape index (κ3) is 2.31. The molecule has 5 heteroatoms. The fourth-order valence-electron chi connectivity index (χ4n) is 3.50. The van der Waals surface area contributed by atoms with Crippen molar-refractivity contribution in [2.75, 3.05) is 6.26 Å². The Morgan fingerprint density at radius 3 is 2.42 bits per heavy atom. The van der Waals surface area contributed by atoms with Gasteiger partial charge in [-0.1, -0.05) is 0 Å². The van der Waals surface area contributed by atoms with E-state index in [-0.39, 0.29) is 5.91 Å². The first-order valence-electron chi connectivity index (χ1n) is 6.89. The molecule has 0 saturated carbocycles. The molecule has 2 bridgehead atoms. The second-order valence-electron chi connectivity index (χ2n) is 5.57. The van der Waals surface area contributed by atoms with E-state index in [2.05, 4.69) is 16.1 Å². The molecule has 1 aromatic rings. The Labute approximate surface area is 122 Å². The number of thioether (sulfide) groups is 1. The van der Waals surface area contributed by atoms with Crippen LogP contribution in [0, 0.1) is 13.8 Å². The Bertz CT molecular complexity index is 486. The van der Waals surface area contributed by atoms with Gasteiger partial charge in [0.05, 0.1) is 10.7 Å². The highest BCUT2D eigenvalue weighted by atomic mass is 32.2.